The van der Waals surface area contributed by atoms with Crippen LogP contribution in [0.5, 0.6) is 0 Å². The van der Waals surface area contributed by atoms with Crippen molar-refractivity contribution in [3.8, 4) is 0 Å². The Labute approximate surface area is 116 Å². The molecule has 2 aromatic carbocycles. The fourth-order valence-corrected chi connectivity index (χ4v) is 2.27. The monoisotopic (exact) mass is 271 g/mol. The van der Waals surface area contributed by atoms with E-state index in [4.69, 9.17) is 4.42 Å². The maximum absolute atomic E-state index is 11.9. The quantitative estimate of drug-likeness (QED) is 0.718. The number of benzene rings is 2. The SMILES string of the molecule is O=C(NCCS)c1cc2c(ccc3ccccc32)o1. The van der Waals surface area contributed by atoms with Gasteiger partial charge in [-0.1, -0.05) is 30.3 Å². The number of hydrogen-bond donors (Lipinski definition) is 2. The fraction of sp³-hybridized carbons (Fsp3) is 0.133. The molecule has 0 aliphatic carbocycles. The van der Waals surface area contributed by atoms with Crippen LogP contribution in [0.1, 0.15) is 10.6 Å². The molecule has 0 aliphatic heterocycles. The van der Waals surface area contributed by atoms with E-state index in [1.807, 2.05) is 36.4 Å². The van der Waals surface area contributed by atoms with Crippen LogP contribution >= 0.6 is 12.6 Å². The van der Waals surface area contributed by atoms with Crippen molar-refractivity contribution in [1.82, 2.24) is 5.32 Å². The van der Waals surface area contributed by atoms with Gasteiger partial charge in [-0.25, -0.2) is 0 Å². The lowest BCUT2D eigenvalue weighted by atomic mass is 10.1. The van der Waals surface area contributed by atoms with E-state index in [2.05, 4.69) is 17.9 Å². The second kappa shape index (κ2) is 4.97. The molecular weight excluding hydrogens is 258 g/mol. The zero-order valence-corrected chi connectivity index (χ0v) is 11.1. The molecule has 0 saturated carbocycles. The molecule has 0 aliphatic rings. The van der Waals surface area contributed by atoms with Crippen molar-refractivity contribution < 1.29 is 9.21 Å². The minimum atomic E-state index is -0.200. The summed E-state index contributed by atoms with van der Waals surface area (Å²) in [7, 11) is 0. The molecule has 0 saturated heterocycles. The van der Waals surface area contributed by atoms with Gasteiger partial charge in [-0.2, -0.15) is 12.6 Å². The zero-order chi connectivity index (χ0) is 13.2. The number of amides is 1. The molecule has 0 unspecified atom stereocenters. The van der Waals surface area contributed by atoms with Gasteiger partial charge in [0.2, 0.25) is 0 Å². The third kappa shape index (κ3) is 2.19. The van der Waals surface area contributed by atoms with Crippen molar-refractivity contribution in [3.63, 3.8) is 0 Å². The summed E-state index contributed by atoms with van der Waals surface area (Å²) < 4.78 is 5.60. The Morgan fingerprint density at radius 2 is 2.00 bits per heavy atom. The molecule has 1 heterocycles. The van der Waals surface area contributed by atoms with Crippen LogP contribution in [-0.2, 0) is 0 Å². The van der Waals surface area contributed by atoms with E-state index >= 15 is 0 Å². The van der Waals surface area contributed by atoms with Gasteiger partial charge in [0, 0.05) is 17.7 Å². The maximum atomic E-state index is 11.9. The van der Waals surface area contributed by atoms with Gasteiger partial charge in [-0.05, 0) is 22.9 Å². The topological polar surface area (TPSA) is 42.2 Å². The van der Waals surface area contributed by atoms with Crippen LogP contribution in [0.2, 0.25) is 0 Å². The molecule has 3 rings (SSSR count). The molecule has 1 N–H and O–H groups in total. The van der Waals surface area contributed by atoms with Gasteiger partial charge in [0.15, 0.2) is 5.76 Å². The van der Waals surface area contributed by atoms with Crippen molar-refractivity contribution in [1.29, 1.82) is 0 Å². The Morgan fingerprint density at radius 1 is 1.16 bits per heavy atom. The summed E-state index contributed by atoms with van der Waals surface area (Å²) in [6.45, 7) is 0.528. The van der Waals surface area contributed by atoms with Crippen LogP contribution in [0.15, 0.2) is 46.9 Å². The van der Waals surface area contributed by atoms with Gasteiger partial charge in [0.05, 0.1) is 0 Å². The summed E-state index contributed by atoms with van der Waals surface area (Å²) in [6, 6.07) is 13.7. The number of carbonyl (C=O) groups is 1. The number of rotatable bonds is 3. The van der Waals surface area contributed by atoms with E-state index < -0.39 is 0 Å². The predicted octanol–water partition coefficient (Wildman–Crippen LogP) is 3.25. The second-order valence-corrected chi connectivity index (χ2v) is 4.74. The van der Waals surface area contributed by atoms with Gasteiger partial charge in [-0.15, -0.1) is 0 Å². The smallest absolute Gasteiger partial charge is 0.287 e. The molecule has 3 nitrogen and oxygen atoms in total. The first-order chi connectivity index (χ1) is 9.29. The van der Waals surface area contributed by atoms with Crippen LogP contribution in [0.4, 0.5) is 0 Å². The third-order valence-corrected chi connectivity index (χ3v) is 3.27. The van der Waals surface area contributed by atoms with Gasteiger partial charge in [0.1, 0.15) is 5.58 Å². The molecular formula is C15H13NO2S. The molecule has 96 valence electrons. The second-order valence-electron chi connectivity index (χ2n) is 4.29. The lowest BCUT2D eigenvalue weighted by Gasteiger charge is -1.98. The Bertz CT molecular complexity index is 748. The lowest BCUT2D eigenvalue weighted by Crippen LogP contribution is -2.24. The first kappa shape index (κ1) is 12.1. The number of nitrogens with one attached hydrogen (secondary N) is 1. The Morgan fingerprint density at radius 3 is 2.84 bits per heavy atom. The normalized spacial score (nSPS) is 11.0. The molecule has 0 bridgehead atoms. The summed E-state index contributed by atoms with van der Waals surface area (Å²) in [5.41, 5.74) is 0.731. The van der Waals surface area contributed by atoms with E-state index in [1.165, 1.54) is 0 Å². The van der Waals surface area contributed by atoms with Gasteiger partial charge in [-0.3, -0.25) is 4.79 Å². The lowest BCUT2D eigenvalue weighted by molar-refractivity contribution is 0.0931. The van der Waals surface area contributed by atoms with Crippen molar-refractivity contribution in [2.24, 2.45) is 0 Å². The van der Waals surface area contributed by atoms with Crippen LogP contribution in [-0.4, -0.2) is 18.2 Å². The maximum Gasteiger partial charge on any atom is 0.287 e. The standard InChI is InChI=1S/C15H13NO2S/c17-15(16-7-8-19)14-9-12-11-4-2-1-3-10(11)5-6-13(12)18-14/h1-6,9,19H,7-8H2,(H,16,17). The van der Waals surface area contributed by atoms with Crippen molar-refractivity contribution in [3.05, 3.63) is 48.2 Å². The molecule has 3 aromatic rings. The molecule has 4 heteroatoms. The highest BCUT2D eigenvalue weighted by molar-refractivity contribution is 7.80. The molecule has 19 heavy (non-hydrogen) atoms. The van der Waals surface area contributed by atoms with E-state index in [9.17, 15) is 4.79 Å². The van der Waals surface area contributed by atoms with Crippen molar-refractivity contribution >= 4 is 40.3 Å². The molecule has 1 amide bonds. The zero-order valence-electron chi connectivity index (χ0n) is 10.2. The molecule has 0 atom stereocenters. The summed E-state index contributed by atoms with van der Waals surface area (Å²) in [4.78, 5) is 11.9. The average Bonchev–Trinajstić information content (AvgIpc) is 2.89. The number of fused-ring (bicyclic) bond motifs is 3. The largest absolute Gasteiger partial charge is 0.451 e. The van der Waals surface area contributed by atoms with Crippen molar-refractivity contribution in [2.45, 2.75) is 0 Å². The number of carbonyl (C=O) groups excluding carboxylic acids is 1. The number of thiol groups is 1. The van der Waals surface area contributed by atoms with E-state index in [0.717, 1.165) is 21.7 Å². The third-order valence-electron chi connectivity index (χ3n) is 3.05. The molecule has 1 aromatic heterocycles. The first-order valence-electron chi connectivity index (χ1n) is 6.10. The highest BCUT2D eigenvalue weighted by Gasteiger charge is 2.12. The Hall–Kier alpha value is -1.94. The van der Waals surface area contributed by atoms with E-state index in [0.29, 0.717) is 18.1 Å². The van der Waals surface area contributed by atoms with Crippen molar-refractivity contribution in [2.75, 3.05) is 12.3 Å². The van der Waals surface area contributed by atoms with E-state index in [-0.39, 0.29) is 5.91 Å². The summed E-state index contributed by atoms with van der Waals surface area (Å²) in [5.74, 6) is 0.747. The van der Waals surface area contributed by atoms with Crippen LogP contribution in [0.25, 0.3) is 21.7 Å². The summed E-state index contributed by atoms with van der Waals surface area (Å²) in [6.07, 6.45) is 0. The van der Waals surface area contributed by atoms with Gasteiger partial charge in [0.25, 0.3) is 5.91 Å². The first-order valence-corrected chi connectivity index (χ1v) is 6.73. The summed E-state index contributed by atoms with van der Waals surface area (Å²) >= 11 is 4.06. The average molecular weight is 271 g/mol. The predicted molar refractivity (Wildman–Crippen MR) is 79.9 cm³/mol. The number of furan rings is 1. The highest BCUT2D eigenvalue weighted by Crippen LogP contribution is 2.27. The van der Waals surface area contributed by atoms with Crippen LogP contribution < -0.4 is 5.32 Å². The van der Waals surface area contributed by atoms with E-state index in [1.54, 1.807) is 6.07 Å². The molecule has 0 fully saturated rings. The Balaban J connectivity index is 2.10. The molecule has 0 radical (unpaired) electrons. The highest BCUT2D eigenvalue weighted by atomic mass is 32.1. The summed E-state index contributed by atoms with van der Waals surface area (Å²) in [5, 5.41) is 5.95. The van der Waals surface area contributed by atoms with Gasteiger partial charge < -0.3 is 9.73 Å². The minimum Gasteiger partial charge on any atom is -0.451 e. The number of hydrogen-bond acceptors (Lipinski definition) is 3. The van der Waals surface area contributed by atoms with Crippen LogP contribution in [0, 0.1) is 0 Å². The molecule has 0 spiro atoms. The Kier molecular flexibility index (Phi) is 3.17. The van der Waals surface area contributed by atoms with Crippen LogP contribution in [0.3, 0.4) is 0 Å². The fourth-order valence-electron chi connectivity index (χ4n) is 2.16. The minimum absolute atomic E-state index is 0.200. The van der Waals surface area contributed by atoms with Gasteiger partial charge >= 0.3 is 0 Å².